The molecule has 0 saturated carbocycles. The summed E-state index contributed by atoms with van der Waals surface area (Å²) >= 11 is 8.37. The van der Waals surface area contributed by atoms with Crippen molar-refractivity contribution in [1.82, 2.24) is 5.32 Å². The Labute approximate surface area is 127 Å². The lowest BCUT2D eigenvalue weighted by Gasteiger charge is -2.03. The summed E-state index contributed by atoms with van der Waals surface area (Å²) in [5.41, 5.74) is 4.40. The van der Waals surface area contributed by atoms with Crippen LogP contribution in [0.15, 0.2) is 0 Å². The Morgan fingerprint density at radius 1 is 0.895 bits per heavy atom. The van der Waals surface area contributed by atoms with E-state index in [0.29, 0.717) is 0 Å². The van der Waals surface area contributed by atoms with Crippen LogP contribution in [0, 0.1) is 0 Å². The molecule has 6 heteroatoms. The molecule has 0 heterocycles. The minimum atomic E-state index is -0.500. The van der Waals surface area contributed by atoms with Gasteiger partial charge in [-0.1, -0.05) is 58.3 Å². The molecular weight excluding hydrogens is 280 g/mol. The number of aliphatic hydroxyl groups excluding tert-OH is 2. The maximum Gasteiger partial charge on any atom is 0.254 e. The molecule has 0 aromatic rings. The Hall–Kier alpha value is -0.620. The highest BCUT2D eigenvalue weighted by Gasteiger charge is 1.92. The Morgan fingerprint density at radius 2 is 1.26 bits per heavy atom. The van der Waals surface area contributed by atoms with Crippen LogP contribution in [-0.4, -0.2) is 27.1 Å². The summed E-state index contributed by atoms with van der Waals surface area (Å²) in [6, 6.07) is 0. The van der Waals surface area contributed by atoms with Crippen LogP contribution in [0.5, 0.6) is 0 Å². The predicted octanol–water partition coefficient (Wildman–Crippen LogP) is 3.74. The Kier molecular flexibility index (Phi) is 18.9. The molecule has 4 nitrogen and oxygen atoms in total. The molecule has 0 saturated heterocycles. The number of hydrogen-bond acceptors (Lipinski definition) is 2. The zero-order chi connectivity index (χ0) is 14.9. The van der Waals surface area contributed by atoms with Gasteiger partial charge in [-0.2, -0.15) is 0 Å². The van der Waals surface area contributed by atoms with Crippen LogP contribution in [0.3, 0.4) is 0 Å². The van der Waals surface area contributed by atoms with Gasteiger partial charge in [-0.25, -0.2) is 0 Å². The first-order valence-electron chi connectivity index (χ1n) is 6.95. The summed E-state index contributed by atoms with van der Waals surface area (Å²) in [5.74, 6) is 0. The molecule has 0 rings (SSSR count). The van der Waals surface area contributed by atoms with Crippen molar-refractivity contribution >= 4 is 34.8 Å². The number of aliphatic hydroxyl groups is 2. The minimum absolute atomic E-state index is 0.0745. The van der Waals surface area contributed by atoms with Gasteiger partial charge in [-0.15, -0.1) is 0 Å². The summed E-state index contributed by atoms with van der Waals surface area (Å²) in [6.45, 7) is 3.06. The van der Waals surface area contributed by atoms with Crippen molar-refractivity contribution in [3.05, 3.63) is 0 Å². The van der Waals surface area contributed by atoms with Crippen molar-refractivity contribution in [3.8, 4) is 0 Å². The van der Waals surface area contributed by atoms with E-state index < -0.39 is 5.17 Å². The van der Waals surface area contributed by atoms with Gasteiger partial charge in [-0.05, 0) is 30.9 Å². The second-order valence-electron chi connectivity index (χ2n) is 4.40. The van der Waals surface area contributed by atoms with E-state index in [4.69, 9.17) is 10.2 Å². The van der Waals surface area contributed by atoms with Crippen LogP contribution < -0.4 is 11.1 Å². The molecule has 0 aliphatic heterocycles. The largest absolute Gasteiger partial charge is 0.487 e. The average Bonchev–Trinajstić information content (AvgIpc) is 2.30. The molecule has 0 aromatic heterocycles. The van der Waals surface area contributed by atoms with Gasteiger partial charge in [0.25, 0.3) is 10.3 Å². The Balaban J connectivity index is 0. The van der Waals surface area contributed by atoms with Gasteiger partial charge in [0.15, 0.2) is 0 Å². The van der Waals surface area contributed by atoms with Crippen LogP contribution >= 0.6 is 24.4 Å². The molecule has 19 heavy (non-hydrogen) atoms. The number of thiocarbonyl (C=S) groups is 2. The molecule has 0 aliphatic rings. The smallest absolute Gasteiger partial charge is 0.254 e. The summed E-state index contributed by atoms with van der Waals surface area (Å²) in [7, 11) is 0. The van der Waals surface area contributed by atoms with Crippen molar-refractivity contribution in [3.63, 3.8) is 0 Å². The van der Waals surface area contributed by atoms with Gasteiger partial charge in [-0.3, -0.25) is 0 Å². The summed E-state index contributed by atoms with van der Waals surface area (Å²) in [5, 5.41) is 18.4. The second-order valence-corrected chi connectivity index (χ2v) is 5.20. The number of rotatable bonds is 10. The fraction of sp³-hybridized carbons (Fsp3) is 0.846. The molecule has 0 aromatic carbocycles. The zero-order valence-corrected chi connectivity index (χ0v) is 13.5. The predicted molar refractivity (Wildman–Crippen MR) is 89.9 cm³/mol. The van der Waals surface area contributed by atoms with E-state index in [0.717, 1.165) is 13.0 Å². The maximum absolute atomic E-state index is 8.70. The van der Waals surface area contributed by atoms with Gasteiger partial charge in [0.05, 0.1) is 0 Å². The van der Waals surface area contributed by atoms with Crippen LogP contribution in [0.2, 0.25) is 0 Å². The number of nitrogens with two attached hydrogens (primary N) is 1. The molecule has 0 spiro atoms. The first-order chi connectivity index (χ1) is 9.00. The van der Waals surface area contributed by atoms with Crippen LogP contribution in [0.4, 0.5) is 0 Å². The molecule has 0 radical (unpaired) electrons. The third-order valence-corrected chi connectivity index (χ3v) is 2.70. The quantitative estimate of drug-likeness (QED) is 0.364. The standard InChI is InChI=1S/C12H25NOS.CH3NOS/c1-2-3-4-5-6-7-8-9-10-11-13-12(14)15;2-1(3)4/h2-11H2,1H3,(H2,13,14,15);(H3,2,3,4). The molecule has 114 valence electrons. The van der Waals surface area contributed by atoms with Crippen molar-refractivity contribution < 1.29 is 10.2 Å². The Bertz CT molecular complexity index is 223. The normalized spacial score (nSPS) is 9.32. The van der Waals surface area contributed by atoms with Gasteiger partial charge < -0.3 is 21.3 Å². The van der Waals surface area contributed by atoms with E-state index in [-0.39, 0.29) is 5.17 Å². The summed E-state index contributed by atoms with van der Waals surface area (Å²) in [6.07, 6.45) is 11.9. The van der Waals surface area contributed by atoms with Crippen LogP contribution in [-0.2, 0) is 0 Å². The zero-order valence-electron chi connectivity index (χ0n) is 11.9. The topological polar surface area (TPSA) is 78.5 Å². The third-order valence-electron chi connectivity index (χ3n) is 2.56. The molecule has 0 bridgehead atoms. The summed E-state index contributed by atoms with van der Waals surface area (Å²) in [4.78, 5) is 0. The fourth-order valence-electron chi connectivity index (χ4n) is 1.63. The number of unbranched alkanes of at least 4 members (excludes halogenated alkanes) is 8. The highest BCUT2D eigenvalue weighted by atomic mass is 32.1. The van der Waals surface area contributed by atoms with Crippen LogP contribution in [0.25, 0.3) is 0 Å². The molecule has 0 fully saturated rings. The first kappa shape index (κ1) is 20.7. The monoisotopic (exact) mass is 308 g/mol. The molecular formula is C13H28N2O2S2. The van der Waals surface area contributed by atoms with E-state index in [2.05, 4.69) is 42.4 Å². The fourth-order valence-corrected chi connectivity index (χ4v) is 1.73. The minimum Gasteiger partial charge on any atom is -0.487 e. The molecule has 0 atom stereocenters. The number of nitrogens with one attached hydrogen (secondary N) is 1. The lowest BCUT2D eigenvalue weighted by atomic mass is 10.1. The lowest BCUT2D eigenvalue weighted by molar-refractivity contribution is 0.518. The van der Waals surface area contributed by atoms with Gasteiger partial charge in [0.1, 0.15) is 0 Å². The highest BCUT2D eigenvalue weighted by Crippen LogP contribution is 2.08. The molecule has 0 aliphatic carbocycles. The van der Waals surface area contributed by atoms with E-state index in [1.165, 1.54) is 51.4 Å². The average molecular weight is 309 g/mol. The first-order valence-corrected chi connectivity index (χ1v) is 7.77. The van der Waals surface area contributed by atoms with Crippen molar-refractivity contribution in [2.75, 3.05) is 6.54 Å². The highest BCUT2D eigenvalue weighted by molar-refractivity contribution is 7.80. The SMILES string of the molecule is CCCCCCCCCCCNC(O)=S.NC(O)=S. The third kappa shape index (κ3) is 31.7. The van der Waals surface area contributed by atoms with Crippen molar-refractivity contribution in [2.45, 2.75) is 64.7 Å². The van der Waals surface area contributed by atoms with E-state index in [9.17, 15) is 0 Å². The van der Waals surface area contributed by atoms with Gasteiger partial charge in [0, 0.05) is 6.54 Å². The van der Waals surface area contributed by atoms with Crippen molar-refractivity contribution in [1.29, 1.82) is 0 Å². The second kappa shape index (κ2) is 17.4. The molecule has 0 unspecified atom stereocenters. The maximum atomic E-state index is 8.70. The van der Waals surface area contributed by atoms with Gasteiger partial charge >= 0.3 is 0 Å². The number of hydrogen-bond donors (Lipinski definition) is 4. The van der Waals surface area contributed by atoms with E-state index in [1.807, 2.05) is 0 Å². The summed E-state index contributed by atoms with van der Waals surface area (Å²) < 4.78 is 0. The van der Waals surface area contributed by atoms with Gasteiger partial charge in [0.2, 0.25) is 0 Å². The molecule has 5 N–H and O–H groups in total. The van der Waals surface area contributed by atoms with E-state index >= 15 is 0 Å². The van der Waals surface area contributed by atoms with Crippen molar-refractivity contribution in [2.24, 2.45) is 5.73 Å². The van der Waals surface area contributed by atoms with E-state index in [1.54, 1.807) is 0 Å². The Morgan fingerprint density at radius 3 is 1.63 bits per heavy atom. The molecule has 0 amide bonds. The van der Waals surface area contributed by atoms with Crippen LogP contribution in [0.1, 0.15) is 64.7 Å². The lowest BCUT2D eigenvalue weighted by Crippen LogP contribution is -2.21.